The van der Waals surface area contributed by atoms with Crippen LogP contribution in [0.15, 0.2) is 0 Å². The Hall–Kier alpha value is 0.347. The molecule has 1 radical (unpaired) electrons. The first-order chi connectivity index (χ1) is 13.3. The molecule has 0 saturated carbocycles. The van der Waals surface area contributed by atoms with E-state index in [0.29, 0.717) is 0 Å². The van der Waals surface area contributed by atoms with Crippen LogP contribution in [-0.2, 0) is 13.3 Å². The maximum absolute atomic E-state index is 4.71. The Morgan fingerprint density at radius 3 is 1.04 bits per heavy atom. The number of unbranched alkanes of at least 4 members (excludes halogenated alkanes) is 15. The third kappa shape index (κ3) is 31.1. The Kier molecular flexibility index (Phi) is 37.7. The first-order valence-electron chi connectivity index (χ1n) is 11.4. The average molecular weight is 441 g/mol. The monoisotopic (exact) mass is 440 g/mol. The molecular weight excluding hydrogens is 390 g/mol. The van der Waals surface area contributed by atoms with Gasteiger partial charge in [-0.05, 0) is 20.0 Å². The molecule has 0 bridgehead atoms. The fraction of sp³-hybridized carbons (Fsp3) is 1.00. The smallest absolute Gasteiger partial charge is 0.375 e. The number of rotatable bonds is 20. The van der Waals surface area contributed by atoms with Crippen molar-refractivity contribution in [2.45, 2.75) is 110 Å². The SMILES string of the molecule is CCCCCCCCCCCCCCCCCCNC.CO[Si](OC)OC.Cl. The van der Waals surface area contributed by atoms with E-state index >= 15 is 0 Å². The third-order valence-electron chi connectivity index (χ3n) is 4.78. The molecule has 0 aromatic rings. The van der Waals surface area contributed by atoms with Crippen LogP contribution in [0.1, 0.15) is 110 Å². The summed E-state index contributed by atoms with van der Waals surface area (Å²) >= 11 is 0. The molecule has 0 rings (SSSR count). The second kappa shape index (κ2) is 32.0. The standard InChI is InChI=1S/C19H41N.C3H9O3Si.ClH/c1-3-4-5-6-7-8-9-10-11-12-13-14-15-16-17-18-19-20-2;1-4-7(5-2)6-3;/h20H,3-19H2,1-2H3;1-3H3;1H. The van der Waals surface area contributed by atoms with E-state index in [0.717, 1.165) is 0 Å². The Morgan fingerprint density at radius 1 is 0.536 bits per heavy atom. The minimum Gasteiger partial charge on any atom is -0.375 e. The number of nitrogens with one attached hydrogen (secondary N) is 1. The van der Waals surface area contributed by atoms with Crippen molar-refractivity contribution in [3.05, 3.63) is 0 Å². The van der Waals surface area contributed by atoms with Crippen LogP contribution in [0.4, 0.5) is 0 Å². The summed E-state index contributed by atoms with van der Waals surface area (Å²) in [7, 11) is 5.35. The molecule has 0 aromatic heterocycles. The van der Waals surface area contributed by atoms with E-state index in [1.54, 1.807) is 21.3 Å². The molecule has 173 valence electrons. The molecular formula is C22H51ClNO3Si. The molecule has 0 aliphatic carbocycles. The van der Waals surface area contributed by atoms with Gasteiger partial charge in [-0.3, -0.25) is 0 Å². The first-order valence-corrected chi connectivity index (χ1v) is 12.6. The maximum Gasteiger partial charge on any atom is 0.576 e. The van der Waals surface area contributed by atoms with Gasteiger partial charge < -0.3 is 18.6 Å². The van der Waals surface area contributed by atoms with Gasteiger partial charge in [-0.2, -0.15) is 0 Å². The molecule has 0 aliphatic heterocycles. The van der Waals surface area contributed by atoms with E-state index in [-0.39, 0.29) is 12.4 Å². The van der Waals surface area contributed by atoms with E-state index in [9.17, 15) is 0 Å². The topological polar surface area (TPSA) is 39.7 Å². The number of halogens is 1. The highest BCUT2D eigenvalue weighted by Crippen LogP contribution is 2.13. The minimum absolute atomic E-state index is 0. The van der Waals surface area contributed by atoms with Crippen LogP contribution in [0, 0.1) is 0 Å². The van der Waals surface area contributed by atoms with Crippen molar-refractivity contribution in [3.8, 4) is 0 Å². The normalized spacial score (nSPS) is 10.5. The van der Waals surface area contributed by atoms with Crippen molar-refractivity contribution >= 4 is 21.9 Å². The summed E-state index contributed by atoms with van der Waals surface area (Å²) in [5.74, 6) is 0. The number of hydrogen-bond donors (Lipinski definition) is 1. The van der Waals surface area contributed by atoms with Gasteiger partial charge in [-0.15, -0.1) is 12.4 Å². The van der Waals surface area contributed by atoms with Gasteiger partial charge in [0.05, 0.1) is 0 Å². The summed E-state index contributed by atoms with van der Waals surface area (Å²) in [6.07, 6.45) is 23.2. The molecule has 0 atom stereocenters. The zero-order valence-electron chi connectivity index (χ0n) is 19.7. The van der Waals surface area contributed by atoms with Crippen LogP contribution in [-0.4, -0.2) is 44.4 Å². The highest BCUT2D eigenvalue weighted by Gasteiger charge is 2.09. The van der Waals surface area contributed by atoms with Crippen molar-refractivity contribution in [2.75, 3.05) is 34.9 Å². The quantitative estimate of drug-likeness (QED) is 0.167. The van der Waals surface area contributed by atoms with Crippen LogP contribution in [0.2, 0.25) is 0 Å². The molecule has 0 aliphatic rings. The van der Waals surface area contributed by atoms with E-state index in [1.807, 2.05) is 7.05 Å². The second-order valence-corrected chi connectivity index (χ2v) is 8.99. The molecule has 4 nitrogen and oxygen atoms in total. The van der Waals surface area contributed by atoms with Crippen LogP contribution in [0.5, 0.6) is 0 Å². The van der Waals surface area contributed by atoms with Gasteiger partial charge >= 0.3 is 9.53 Å². The zero-order valence-corrected chi connectivity index (χ0v) is 21.5. The Bertz CT molecular complexity index is 224. The van der Waals surface area contributed by atoms with Gasteiger partial charge in [0.25, 0.3) is 0 Å². The van der Waals surface area contributed by atoms with Crippen molar-refractivity contribution in [2.24, 2.45) is 0 Å². The lowest BCUT2D eigenvalue weighted by atomic mass is 10.0. The lowest BCUT2D eigenvalue weighted by Gasteiger charge is -2.03. The van der Waals surface area contributed by atoms with Gasteiger partial charge in [0.15, 0.2) is 0 Å². The van der Waals surface area contributed by atoms with Gasteiger partial charge in [0.2, 0.25) is 0 Å². The van der Waals surface area contributed by atoms with Crippen molar-refractivity contribution in [1.29, 1.82) is 0 Å². The minimum atomic E-state index is -1.36. The fourth-order valence-corrected chi connectivity index (χ4v) is 3.60. The molecule has 0 unspecified atom stereocenters. The lowest BCUT2D eigenvalue weighted by Crippen LogP contribution is -2.21. The highest BCUT2D eigenvalue weighted by molar-refractivity contribution is 6.36. The average Bonchev–Trinajstić information content (AvgIpc) is 2.69. The third-order valence-corrected chi connectivity index (χ3v) is 5.78. The fourth-order valence-electron chi connectivity index (χ4n) is 3.10. The Labute approximate surface area is 185 Å². The first kappa shape index (κ1) is 33.0. The van der Waals surface area contributed by atoms with E-state index in [1.165, 1.54) is 109 Å². The van der Waals surface area contributed by atoms with Gasteiger partial charge in [0, 0.05) is 21.3 Å². The molecule has 0 spiro atoms. The molecule has 0 aromatic carbocycles. The van der Waals surface area contributed by atoms with Crippen molar-refractivity contribution in [3.63, 3.8) is 0 Å². The molecule has 1 N–H and O–H groups in total. The predicted octanol–water partition coefficient (Wildman–Crippen LogP) is 6.80. The molecule has 0 saturated heterocycles. The molecule has 28 heavy (non-hydrogen) atoms. The van der Waals surface area contributed by atoms with Gasteiger partial charge in [-0.1, -0.05) is 103 Å². The zero-order chi connectivity index (χ0) is 20.4. The van der Waals surface area contributed by atoms with Crippen molar-refractivity contribution in [1.82, 2.24) is 5.32 Å². The van der Waals surface area contributed by atoms with E-state index < -0.39 is 9.53 Å². The maximum atomic E-state index is 4.71. The molecule has 0 amide bonds. The summed E-state index contributed by atoms with van der Waals surface area (Å²) in [5, 5.41) is 3.22. The summed E-state index contributed by atoms with van der Waals surface area (Å²) in [4.78, 5) is 0. The Balaban J connectivity index is -0.000000665. The van der Waals surface area contributed by atoms with Gasteiger partial charge in [0.1, 0.15) is 0 Å². The molecule has 0 heterocycles. The summed E-state index contributed by atoms with van der Waals surface area (Å²) < 4.78 is 14.1. The largest absolute Gasteiger partial charge is 0.576 e. The van der Waals surface area contributed by atoms with E-state index in [4.69, 9.17) is 13.3 Å². The highest BCUT2D eigenvalue weighted by atomic mass is 35.5. The van der Waals surface area contributed by atoms with Crippen LogP contribution in [0.25, 0.3) is 0 Å². The van der Waals surface area contributed by atoms with Crippen LogP contribution in [0.3, 0.4) is 0 Å². The summed E-state index contributed by atoms with van der Waals surface area (Å²) in [5.41, 5.74) is 0. The molecule has 6 heteroatoms. The van der Waals surface area contributed by atoms with Crippen molar-refractivity contribution < 1.29 is 13.3 Å². The molecule has 0 fully saturated rings. The van der Waals surface area contributed by atoms with Crippen LogP contribution >= 0.6 is 12.4 Å². The second-order valence-electron chi connectivity index (χ2n) is 7.27. The van der Waals surface area contributed by atoms with E-state index in [2.05, 4.69) is 12.2 Å². The van der Waals surface area contributed by atoms with Crippen LogP contribution < -0.4 is 5.32 Å². The van der Waals surface area contributed by atoms with Gasteiger partial charge in [-0.25, -0.2) is 0 Å². The Morgan fingerprint density at radius 2 is 0.821 bits per heavy atom. The lowest BCUT2D eigenvalue weighted by molar-refractivity contribution is 0.163. The summed E-state index contributed by atoms with van der Waals surface area (Å²) in [6.45, 7) is 3.49. The number of hydrogen-bond acceptors (Lipinski definition) is 4. The predicted molar refractivity (Wildman–Crippen MR) is 128 cm³/mol. The summed E-state index contributed by atoms with van der Waals surface area (Å²) in [6, 6.07) is 0.